The molecule has 2 aliphatic heterocycles. The number of rotatable bonds is 4. The summed E-state index contributed by atoms with van der Waals surface area (Å²) in [6.45, 7) is 1.17. The Balaban J connectivity index is 1.46. The summed E-state index contributed by atoms with van der Waals surface area (Å²) < 4.78 is 6.49. The van der Waals surface area contributed by atoms with E-state index in [1.807, 2.05) is 41.3 Å². The van der Waals surface area contributed by atoms with E-state index in [2.05, 4.69) is 28.1 Å². The van der Waals surface area contributed by atoms with Gasteiger partial charge in [0.1, 0.15) is 5.75 Å². The van der Waals surface area contributed by atoms with Gasteiger partial charge in [0, 0.05) is 24.0 Å². The Bertz CT molecular complexity index is 870. The van der Waals surface area contributed by atoms with Crippen LogP contribution in [0, 0.1) is 0 Å². The average molecular weight is 429 g/mol. The minimum Gasteiger partial charge on any atom is -0.482 e. The average Bonchev–Trinajstić information content (AvgIpc) is 3.17. The van der Waals surface area contributed by atoms with Crippen LogP contribution in [0.15, 0.2) is 53.0 Å². The summed E-state index contributed by atoms with van der Waals surface area (Å²) in [5.41, 5.74) is 1.90. The van der Waals surface area contributed by atoms with Gasteiger partial charge < -0.3 is 14.5 Å². The van der Waals surface area contributed by atoms with E-state index in [4.69, 9.17) is 4.74 Å². The molecule has 6 heteroatoms. The molecule has 1 atom stereocenters. The van der Waals surface area contributed by atoms with Gasteiger partial charge >= 0.3 is 0 Å². The van der Waals surface area contributed by atoms with Gasteiger partial charge in [0.2, 0.25) is 5.91 Å². The molecule has 1 saturated heterocycles. The molecule has 0 radical (unpaired) electrons. The molecule has 1 unspecified atom stereocenters. The maximum atomic E-state index is 12.9. The first-order valence-corrected chi connectivity index (χ1v) is 10.00. The van der Waals surface area contributed by atoms with Crippen molar-refractivity contribution in [3.63, 3.8) is 0 Å². The minimum absolute atomic E-state index is 0.0234. The largest absolute Gasteiger partial charge is 0.482 e. The summed E-state index contributed by atoms with van der Waals surface area (Å²) in [7, 11) is 0. The Morgan fingerprint density at radius 2 is 2.04 bits per heavy atom. The topological polar surface area (TPSA) is 49.9 Å². The molecule has 0 N–H and O–H groups in total. The number of carbonyl (C=O) groups excluding carboxylic acids is 2. The molecule has 2 aliphatic rings. The SMILES string of the molecule is O=C1COc2ccccc2N1CCC(=O)N1CCCC1c1cccc(Br)c1. The molecule has 2 aromatic carbocycles. The Morgan fingerprint density at radius 3 is 2.89 bits per heavy atom. The molecule has 0 aliphatic carbocycles. The van der Waals surface area contributed by atoms with Gasteiger partial charge in [0.05, 0.1) is 11.7 Å². The maximum absolute atomic E-state index is 12.9. The Labute approximate surface area is 167 Å². The second-order valence-electron chi connectivity index (χ2n) is 6.85. The third-order valence-corrected chi connectivity index (χ3v) is 5.66. The van der Waals surface area contributed by atoms with Gasteiger partial charge in [-0.3, -0.25) is 9.59 Å². The number of amides is 2. The zero-order valence-electron chi connectivity index (χ0n) is 14.9. The van der Waals surface area contributed by atoms with Crippen LogP contribution in [-0.4, -0.2) is 36.4 Å². The lowest BCUT2D eigenvalue weighted by molar-refractivity contribution is -0.132. The van der Waals surface area contributed by atoms with Crippen LogP contribution in [0.2, 0.25) is 0 Å². The van der Waals surface area contributed by atoms with E-state index < -0.39 is 0 Å². The van der Waals surface area contributed by atoms with Gasteiger partial charge in [-0.2, -0.15) is 0 Å². The highest BCUT2D eigenvalue weighted by Gasteiger charge is 2.31. The first-order chi connectivity index (χ1) is 13.1. The van der Waals surface area contributed by atoms with Crippen LogP contribution in [0.4, 0.5) is 5.69 Å². The van der Waals surface area contributed by atoms with Crippen molar-refractivity contribution in [3.8, 4) is 5.75 Å². The van der Waals surface area contributed by atoms with Crippen molar-refractivity contribution in [2.75, 3.05) is 24.6 Å². The van der Waals surface area contributed by atoms with E-state index in [0.717, 1.165) is 35.1 Å². The number of hydrogen-bond acceptors (Lipinski definition) is 3. The normalized spacial score (nSPS) is 19.0. The number of carbonyl (C=O) groups is 2. The lowest BCUT2D eigenvalue weighted by Gasteiger charge is -2.30. The van der Waals surface area contributed by atoms with Gasteiger partial charge in [-0.1, -0.05) is 40.2 Å². The molecule has 2 aromatic rings. The first-order valence-electron chi connectivity index (χ1n) is 9.20. The lowest BCUT2D eigenvalue weighted by Crippen LogP contribution is -2.41. The number of fused-ring (bicyclic) bond motifs is 1. The molecule has 1 fully saturated rings. The number of nitrogens with zero attached hydrogens (tertiary/aromatic N) is 2. The van der Waals surface area contributed by atoms with Gasteiger partial charge in [-0.05, 0) is 42.7 Å². The number of para-hydroxylation sites is 2. The van der Waals surface area contributed by atoms with Gasteiger partial charge in [0.15, 0.2) is 6.61 Å². The summed E-state index contributed by atoms with van der Waals surface area (Å²) in [5, 5.41) is 0. The molecule has 0 spiro atoms. The minimum atomic E-state index is -0.105. The van der Waals surface area contributed by atoms with Crippen molar-refractivity contribution in [2.24, 2.45) is 0 Å². The third kappa shape index (κ3) is 3.72. The molecule has 2 heterocycles. The number of halogens is 1. The zero-order chi connectivity index (χ0) is 18.8. The Hall–Kier alpha value is -2.34. The van der Waals surface area contributed by atoms with Gasteiger partial charge in [-0.15, -0.1) is 0 Å². The Morgan fingerprint density at radius 1 is 1.19 bits per heavy atom. The van der Waals surface area contributed by atoms with Crippen LogP contribution in [0.25, 0.3) is 0 Å². The van der Waals surface area contributed by atoms with Crippen LogP contribution >= 0.6 is 15.9 Å². The number of likely N-dealkylation sites (tertiary alicyclic amines) is 1. The lowest BCUT2D eigenvalue weighted by atomic mass is 10.0. The molecule has 0 bridgehead atoms. The van der Waals surface area contributed by atoms with E-state index >= 15 is 0 Å². The molecule has 5 nitrogen and oxygen atoms in total. The third-order valence-electron chi connectivity index (χ3n) is 5.16. The number of hydrogen-bond donors (Lipinski definition) is 0. The first kappa shape index (κ1) is 18.0. The highest BCUT2D eigenvalue weighted by atomic mass is 79.9. The molecule has 2 amide bonds. The van der Waals surface area contributed by atoms with E-state index in [-0.39, 0.29) is 24.5 Å². The predicted octanol–water partition coefficient (Wildman–Crippen LogP) is 3.93. The van der Waals surface area contributed by atoms with E-state index in [0.29, 0.717) is 18.7 Å². The molecular weight excluding hydrogens is 408 g/mol. The van der Waals surface area contributed by atoms with Crippen LogP contribution in [0.1, 0.15) is 30.9 Å². The van der Waals surface area contributed by atoms with Crippen LogP contribution < -0.4 is 9.64 Å². The zero-order valence-corrected chi connectivity index (χ0v) is 16.5. The number of ether oxygens (including phenoxy) is 1. The monoisotopic (exact) mass is 428 g/mol. The van der Waals surface area contributed by atoms with E-state index in [1.54, 1.807) is 4.90 Å². The summed E-state index contributed by atoms with van der Waals surface area (Å²) in [6, 6.07) is 15.7. The van der Waals surface area contributed by atoms with Crippen molar-refractivity contribution >= 4 is 33.4 Å². The van der Waals surface area contributed by atoms with Crippen LogP contribution in [0.3, 0.4) is 0 Å². The fraction of sp³-hybridized carbons (Fsp3) is 0.333. The van der Waals surface area contributed by atoms with E-state index in [9.17, 15) is 9.59 Å². The van der Waals surface area contributed by atoms with Crippen molar-refractivity contribution in [1.29, 1.82) is 0 Å². The van der Waals surface area contributed by atoms with Crippen molar-refractivity contribution in [1.82, 2.24) is 4.90 Å². The van der Waals surface area contributed by atoms with Gasteiger partial charge in [0.25, 0.3) is 5.91 Å². The number of anilines is 1. The fourth-order valence-corrected chi connectivity index (χ4v) is 4.29. The quantitative estimate of drug-likeness (QED) is 0.740. The van der Waals surface area contributed by atoms with Crippen molar-refractivity contribution in [2.45, 2.75) is 25.3 Å². The van der Waals surface area contributed by atoms with E-state index in [1.165, 1.54) is 0 Å². The molecule has 0 saturated carbocycles. The fourth-order valence-electron chi connectivity index (χ4n) is 3.88. The molecule has 0 aromatic heterocycles. The smallest absolute Gasteiger partial charge is 0.265 e. The van der Waals surface area contributed by atoms with Crippen LogP contribution in [0.5, 0.6) is 5.75 Å². The summed E-state index contributed by atoms with van der Waals surface area (Å²) in [4.78, 5) is 28.8. The van der Waals surface area contributed by atoms with Gasteiger partial charge in [-0.25, -0.2) is 0 Å². The summed E-state index contributed by atoms with van der Waals surface area (Å²) >= 11 is 3.51. The molecular formula is C21H21BrN2O3. The molecule has 4 rings (SSSR count). The van der Waals surface area contributed by atoms with Crippen LogP contribution in [-0.2, 0) is 9.59 Å². The summed E-state index contributed by atoms with van der Waals surface area (Å²) in [5.74, 6) is 0.679. The predicted molar refractivity (Wildman–Crippen MR) is 107 cm³/mol. The molecule has 140 valence electrons. The molecule has 27 heavy (non-hydrogen) atoms. The van der Waals surface area contributed by atoms with Crippen molar-refractivity contribution < 1.29 is 14.3 Å². The second kappa shape index (κ2) is 7.72. The van der Waals surface area contributed by atoms with Crippen molar-refractivity contribution in [3.05, 3.63) is 58.6 Å². The second-order valence-corrected chi connectivity index (χ2v) is 7.77. The maximum Gasteiger partial charge on any atom is 0.265 e. The standard InChI is InChI=1S/C21H21BrN2O3/c22-16-6-3-5-15(13-16)17-8-4-11-23(17)20(25)10-12-24-18-7-1-2-9-19(18)27-14-21(24)26/h1-3,5-7,9,13,17H,4,8,10-12,14H2. The highest BCUT2D eigenvalue weighted by molar-refractivity contribution is 9.10. The highest BCUT2D eigenvalue weighted by Crippen LogP contribution is 2.34. The summed E-state index contributed by atoms with van der Waals surface area (Å²) in [6.07, 6.45) is 2.29. The Kier molecular flexibility index (Phi) is 5.16. The number of benzene rings is 2.